The van der Waals surface area contributed by atoms with Crippen LogP contribution < -0.4 is 0 Å². The lowest BCUT2D eigenvalue weighted by Crippen LogP contribution is -2.45. The molecule has 1 fully saturated rings. The molecule has 0 N–H and O–H groups in total. The molecule has 2 nitrogen and oxygen atoms in total. The van der Waals surface area contributed by atoms with E-state index in [0.29, 0.717) is 10.5 Å². The van der Waals surface area contributed by atoms with Crippen LogP contribution in [0.3, 0.4) is 0 Å². The SMILES string of the molecule is CC1CN(CC(C)(C)C=O)CC(C)S1. The predicted molar refractivity (Wildman–Crippen MR) is 62.8 cm³/mol. The highest BCUT2D eigenvalue weighted by Gasteiger charge is 2.27. The van der Waals surface area contributed by atoms with Gasteiger partial charge in [-0.05, 0) is 0 Å². The number of hydrogen-bond acceptors (Lipinski definition) is 3. The molecule has 3 heteroatoms. The zero-order chi connectivity index (χ0) is 10.8. The van der Waals surface area contributed by atoms with Crippen LogP contribution in [0.15, 0.2) is 0 Å². The lowest BCUT2D eigenvalue weighted by Gasteiger charge is -2.37. The third-order valence-corrected chi connectivity index (χ3v) is 3.67. The van der Waals surface area contributed by atoms with Gasteiger partial charge in [-0.25, -0.2) is 0 Å². The largest absolute Gasteiger partial charge is 0.303 e. The van der Waals surface area contributed by atoms with E-state index < -0.39 is 0 Å². The molecule has 0 spiro atoms. The molecule has 0 aliphatic carbocycles. The van der Waals surface area contributed by atoms with Gasteiger partial charge in [-0.15, -0.1) is 0 Å². The fourth-order valence-corrected chi connectivity index (χ4v) is 3.41. The summed E-state index contributed by atoms with van der Waals surface area (Å²) in [6.45, 7) is 11.7. The van der Waals surface area contributed by atoms with Gasteiger partial charge in [0.25, 0.3) is 0 Å². The second-order valence-electron chi connectivity index (χ2n) is 5.06. The Morgan fingerprint density at radius 3 is 2.29 bits per heavy atom. The summed E-state index contributed by atoms with van der Waals surface area (Å²) in [5.41, 5.74) is -0.193. The molecule has 14 heavy (non-hydrogen) atoms. The number of carbonyl (C=O) groups is 1. The van der Waals surface area contributed by atoms with E-state index in [1.807, 2.05) is 25.6 Å². The van der Waals surface area contributed by atoms with Gasteiger partial charge in [-0.2, -0.15) is 11.8 Å². The predicted octanol–water partition coefficient (Wildman–Crippen LogP) is 2.04. The van der Waals surface area contributed by atoms with Crippen molar-refractivity contribution >= 4 is 18.0 Å². The van der Waals surface area contributed by atoms with Gasteiger partial charge < -0.3 is 9.69 Å². The normalized spacial score (nSPS) is 30.3. The summed E-state index contributed by atoms with van der Waals surface area (Å²) in [5, 5.41) is 1.39. The van der Waals surface area contributed by atoms with Crippen LogP contribution in [-0.4, -0.2) is 41.3 Å². The van der Waals surface area contributed by atoms with E-state index in [9.17, 15) is 4.79 Å². The second kappa shape index (κ2) is 4.67. The maximum atomic E-state index is 10.8. The highest BCUT2D eigenvalue weighted by molar-refractivity contribution is 8.00. The Bertz CT molecular complexity index is 195. The van der Waals surface area contributed by atoms with Crippen molar-refractivity contribution in [2.75, 3.05) is 19.6 Å². The summed E-state index contributed by atoms with van der Waals surface area (Å²) >= 11 is 2.05. The monoisotopic (exact) mass is 215 g/mol. The lowest BCUT2D eigenvalue weighted by molar-refractivity contribution is -0.115. The van der Waals surface area contributed by atoms with Gasteiger partial charge >= 0.3 is 0 Å². The van der Waals surface area contributed by atoms with Crippen molar-refractivity contribution in [3.05, 3.63) is 0 Å². The van der Waals surface area contributed by atoms with E-state index in [1.54, 1.807) is 0 Å². The summed E-state index contributed by atoms with van der Waals surface area (Å²) in [6.07, 6.45) is 1.07. The molecular formula is C11H21NOS. The first-order chi connectivity index (χ1) is 6.43. The average Bonchev–Trinajstić information content (AvgIpc) is 2.01. The Morgan fingerprint density at radius 1 is 1.36 bits per heavy atom. The molecule has 1 aliphatic heterocycles. The fraction of sp³-hybridized carbons (Fsp3) is 0.909. The zero-order valence-corrected chi connectivity index (χ0v) is 10.4. The smallest absolute Gasteiger partial charge is 0.126 e. The molecule has 1 saturated heterocycles. The molecule has 1 rings (SSSR count). The van der Waals surface area contributed by atoms with Crippen LogP contribution in [0, 0.1) is 5.41 Å². The molecule has 0 aromatic rings. The molecule has 0 aromatic carbocycles. The first kappa shape index (κ1) is 12.1. The van der Waals surface area contributed by atoms with E-state index >= 15 is 0 Å². The third-order valence-electron chi connectivity index (χ3n) is 2.45. The van der Waals surface area contributed by atoms with Crippen molar-refractivity contribution in [2.24, 2.45) is 5.41 Å². The summed E-state index contributed by atoms with van der Waals surface area (Å²) in [7, 11) is 0. The Hall–Kier alpha value is -0.0200. The minimum Gasteiger partial charge on any atom is -0.303 e. The Labute approximate surface area is 91.4 Å². The summed E-state index contributed by atoms with van der Waals surface area (Å²) in [6, 6.07) is 0. The van der Waals surface area contributed by atoms with Crippen LogP contribution >= 0.6 is 11.8 Å². The number of hydrogen-bond donors (Lipinski definition) is 0. The van der Waals surface area contributed by atoms with Gasteiger partial charge in [-0.3, -0.25) is 0 Å². The molecule has 0 radical (unpaired) electrons. The van der Waals surface area contributed by atoms with E-state index in [-0.39, 0.29) is 5.41 Å². The summed E-state index contributed by atoms with van der Waals surface area (Å²) < 4.78 is 0. The average molecular weight is 215 g/mol. The third kappa shape index (κ3) is 3.62. The van der Waals surface area contributed by atoms with Crippen LogP contribution in [0.2, 0.25) is 0 Å². The molecule has 2 atom stereocenters. The van der Waals surface area contributed by atoms with E-state index in [4.69, 9.17) is 0 Å². The zero-order valence-electron chi connectivity index (χ0n) is 9.62. The van der Waals surface area contributed by atoms with E-state index in [2.05, 4.69) is 18.7 Å². The van der Waals surface area contributed by atoms with Crippen LogP contribution in [-0.2, 0) is 4.79 Å². The second-order valence-corrected chi connectivity index (χ2v) is 6.94. The van der Waals surface area contributed by atoms with Crippen LogP contribution in [0.1, 0.15) is 27.7 Å². The highest BCUT2D eigenvalue weighted by atomic mass is 32.2. The van der Waals surface area contributed by atoms with Crippen molar-refractivity contribution in [2.45, 2.75) is 38.2 Å². The fourth-order valence-electron chi connectivity index (χ4n) is 2.03. The van der Waals surface area contributed by atoms with E-state index in [1.165, 1.54) is 0 Å². The van der Waals surface area contributed by atoms with Crippen molar-refractivity contribution in [1.29, 1.82) is 0 Å². The lowest BCUT2D eigenvalue weighted by atomic mass is 9.95. The standard InChI is InChI=1S/C11H21NOS/c1-9-5-12(6-10(2)14-9)7-11(3,4)8-13/h8-10H,5-7H2,1-4H3. The molecule has 0 saturated carbocycles. The Balaban J connectivity index is 2.48. The molecule has 0 amide bonds. The molecule has 82 valence electrons. The first-order valence-corrected chi connectivity index (χ1v) is 6.21. The quantitative estimate of drug-likeness (QED) is 0.672. The van der Waals surface area contributed by atoms with Gasteiger partial charge in [0.2, 0.25) is 0 Å². The minimum atomic E-state index is -0.193. The van der Waals surface area contributed by atoms with Gasteiger partial charge in [0.05, 0.1) is 0 Å². The molecule has 2 unspecified atom stereocenters. The highest BCUT2D eigenvalue weighted by Crippen LogP contribution is 2.26. The van der Waals surface area contributed by atoms with Gasteiger partial charge in [0.1, 0.15) is 6.29 Å². The van der Waals surface area contributed by atoms with E-state index in [0.717, 1.165) is 25.9 Å². The number of aldehydes is 1. The van der Waals surface area contributed by atoms with Gasteiger partial charge in [0, 0.05) is 35.5 Å². The molecule has 1 heterocycles. The van der Waals surface area contributed by atoms with Crippen molar-refractivity contribution in [3.63, 3.8) is 0 Å². The summed E-state index contributed by atoms with van der Waals surface area (Å²) in [4.78, 5) is 13.2. The molecule has 0 bridgehead atoms. The van der Waals surface area contributed by atoms with Crippen LogP contribution in [0.25, 0.3) is 0 Å². The number of carbonyl (C=O) groups excluding carboxylic acids is 1. The maximum absolute atomic E-state index is 10.8. The topological polar surface area (TPSA) is 20.3 Å². The number of thioether (sulfide) groups is 1. The van der Waals surface area contributed by atoms with Crippen molar-refractivity contribution < 1.29 is 4.79 Å². The summed E-state index contributed by atoms with van der Waals surface area (Å²) in [5.74, 6) is 0. The molecular weight excluding hydrogens is 194 g/mol. The molecule has 1 aliphatic rings. The van der Waals surface area contributed by atoms with Crippen molar-refractivity contribution in [1.82, 2.24) is 4.90 Å². The Kier molecular flexibility index (Phi) is 4.02. The Morgan fingerprint density at radius 2 is 1.86 bits per heavy atom. The minimum absolute atomic E-state index is 0.193. The van der Waals surface area contributed by atoms with Gasteiger partial charge in [0.15, 0.2) is 0 Å². The van der Waals surface area contributed by atoms with Gasteiger partial charge in [-0.1, -0.05) is 27.7 Å². The van der Waals surface area contributed by atoms with Crippen molar-refractivity contribution in [3.8, 4) is 0 Å². The molecule has 0 aromatic heterocycles. The number of rotatable bonds is 3. The number of nitrogens with zero attached hydrogens (tertiary/aromatic N) is 1. The van der Waals surface area contributed by atoms with Crippen LogP contribution in [0.4, 0.5) is 0 Å². The first-order valence-electron chi connectivity index (χ1n) is 5.27. The van der Waals surface area contributed by atoms with Crippen LogP contribution in [0.5, 0.6) is 0 Å². The maximum Gasteiger partial charge on any atom is 0.126 e.